The number of fused-ring (bicyclic) bond motifs is 1. The van der Waals surface area contributed by atoms with Gasteiger partial charge in [0.1, 0.15) is 17.7 Å². The van der Waals surface area contributed by atoms with Gasteiger partial charge in [-0.05, 0) is 78.9 Å². The summed E-state index contributed by atoms with van der Waals surface area (Å²) in [6.07, 6.45) is 6.49. The SMILES string of the molecule is CC1CCC(c2cc(-c3ccc(NC(O)c4cccn(-c5ccc(F)cc5)c4=O)cc3)c3c(N)ncnn23)CC1. The van der Waals surface area contributed by atoms with Crippen LogP contribution in [-0.2, 0) is 0 Å². The van der Waals surface area contributed by atoms with E-state index in [1.807, 2.05) is 28.8 Å². The molecule has 0 radical (unpaired) electrons. The quantitative estimate of drug-likeness (QED) is 0.241. The lowest BCUT2D eigenvalue weighted by atomic mass is 9.81. The fourth-order valence-electron chi connectivity index (χ4n) is 5.66. The van der Waals surface area contributed by atoms with E-state index in [2.05, 4.69) is 28.4 Å². The fraction of sp³-hybridized carbons (Fsp3) is 0.258. The third kappa shape index (κ3) is 4.84. The monoisotopic (exact) mass is 538 g/mol. The van der Waals surface area contributed by atoms with Gasteiger partial charge in [-0.2, -0.15) is 5.10 Å². The smallest absolute Gasteiger partial charge is 0.262 e. The molecule has 0 bridgehead atoms. The third-order valence-corrected chi connectivity index (χ3v) is 7.92. The van der Waals surface area contributed by atoms with E-state index in [4.69, 9.17) is 5.73 Å². The highest BCUT2D eigenvalue weighted by molar-refractivity contribution is 5.88. The second kappa shape index (κ2) is 10.6. The number of halogens is 1. The predicted octanol–water partition coefficient (Wildman–Crippen LogP) is 5.67. The van der Waals surface area contributed by atoms with Crippen LogP contribution in [0.5, 0.6) is 0 Å². The Morgan fingerprint density at radius 2 is 1.77 bits per heavy atom. The zero-order valence-corrected chi connectivity index (χ0v) is 22.2. The number of aliphatic hydroxyl groups excluding tert-OH is 1. The maximum Gasteiger partial charge on any atom is 0.262 e. The number of nitrogens with two attached hydrogens (primary N) is 1. The Balaban J connectivity index is 1.26. The first kappa shape index (κ1) is 25.8. The minimum atomic E-state index is -1.24. The van der Waals surface area contributed by atoms with Gasteiger partial charge in [-0.15, -0.1) is 0 Å². The molecule has 0 amide bonds. The average Bonchev–Trinajstić information content (AvgIpc) is 3.35. The molecule has 0 spiro atoms. The van der Waals surface area contributed by atoms with E-state index < -0.39 is 11.8 Å². The molecule has 0 saturated heterocycles. The summed E-state index contributed by atoms with van der Waals surface area (Å²) in [6, 6.07) is 18.6. The fourth-order valence-corrected chi connectivity index (χ4v) is 5.66. The first-order chi connectivity index (χ1) is 19.4. The lowest BCUT2D eigenvalue weighted by Crippen LogP contribution is -2.26. The van der Waals surface area contributed by atoms with Crippen molar-refractivity contribution in [2.75, 3.05) is 11.1 Å². The number of nitrogen functional groups attached to an aromatic ring is 1. The zero-order valence-electron chi connectivity index (χ0n) is 22.2. The van der Waals surface area contributed by atoms with Gasteiger partial charge in [0.05, 0.1) is 5.56 Å². The Bertz CT molecular complexity index is 1700. The van der Waals surface area contributed by atoms with Crippen LogP contribution >= 0.6 is 0 Å². The Kier molecular flexibility index (Phi) is 6.81. The summed E-state index contributed by atoms with van der Waals surface area (Å²) in [5, 5.41) is 18.4. The van der Waals surface area contributed by atoms with E-state index in [0.29, 0.717) is 23.1 Å². The number of hydrogen-bond acceptors (Lipinski definition) is 6. The molecule has 9 heteroatoms. The largest absolute Gasteiger partial charge is 0.382 e. The Labute approximate surface area is 230 Å². The first-order valence-electron chi connectivity index (χ1n) is 13.5. The van der Waals surface area contributed by atoms with Gasteiger partial charge in [0, 0.05) is 34.7 Å². The van der Waals surface area contributed by atoms with Crippen LogP contribution in [0, 0.1) is 11.7 Å². The number of benzene rings is 2. The molecule has 8 nitrogen and oxygen atoms in total. The van der Waals surface area contributed by atoms with Gasteiger partial charge in [-0.25, -0.2) is 13.9 Å². The molecule has 1 atom stereocenters. The molecule has 3 aromatic heterocycles. The molecule has 2 aromatic carbocycles. The van der Waals surface area contributed by atoms with Gasteiger partial charge in [0.25, 0.3) is 5.56 Å². The van der Waals surface area contributed by atoms with Gasteiger partial charge >= 0.3 is 0 Å². The Morgan fingerprint density at radius 1 is 1.05 bits per heavy atom. The zero-order chi connectivity index (χ0) is 27.8. The highest BCUT2D eigenvalue weighted by Gasteiger charge is 2.25. The van der Waals surface area contributed by atoms with Crippen LogP contribution < -0.4 is 16.6 Å². The van der Waals surface area contributed by atoms with E-state index in [1.54, 1.807) is 18.3 Å². The van der Waals surface area contributed by atoms with Crippen molar-refractivity contribution in [2.24, 2.45) is 5.92 Å². The van der Waals surface area contributed by atoms with Gasteiger partial charge in [-0.3, -0.25) is 9.36 Å². The number of rotatable bonds is 6. The van der Waals surface area contributed by atoms with Crippen molar-refractivity contribution >= 4 is 17.0 Å². The van der Waals surface area contributed by atoms with Crippen molar-refractivity contribution in [2.45, 2.75) is 44.8 Å². The molecular weight excluding hydrogens is 507 g/mol. The van der Waals surface area contributed by atoms with Gasteiger partial charge in [0.15, 0.2) is 12.0 Å². The highest BCUT2D eigenvalue weighted by Crippen LogP contribution is 2.40. The summed E-state index contributed by atoms with van der Waals surface area (Å²) in [7, 11) is 0. The Hall–Kier alpha value is -4.50. The third-order valence-electron chi connectivity index (χ3n) is 7.92. The van der Waals surface area contributed by atoms with Crippen molar-refractivity contribution in [3.05, 3.63) is 107 Å². The van der Waals surface area contributed by atoms with Gasteiger partial charge in [0.2, 0.25) is 0 Å². The molecule has 6 rings (SSSR count). The molecule has 3 heterocycles. The molecule has 1 unspecified atom stereocenters. The van der Waals surface area contributed by atoms with Crippen molar-refractivity contribution in [3.8, 4) is 16.8 Å². The van der Waals surface area contributed by atoms with Crippen LogP contribution in [-0.4, -0.2) is 24.3 Å². The maximum absolute atomic E-state index is 13.3. The van der Waals surface area contributed by atoms with Gasteiger partial charge in [-0.1, -0.05) is 31.9 Å². The number of hydrogen-bond donors (Lipinski definition) is 3. The number of nitrogens with one attached hydrogen (secondary N) is 1. The first-order valence-corrected chi connectivity index (χ1v) is 13.5. The lowest BCUT2D eigenvalue weighted by Gasteiger charge is -2.25. The minimum Gasteiger partial charge on any atom is -0.382 e. The maximum atomic E-state index is 13.3. The van der Waals surface area contributed by atoms with Crippen LogP contribution in [0.1, 0.15) is 56.0 Å². The normalized spacial score (nSPS) is 18.1. The van der Waals surface area contributed by atoms with E-state index in [-0.39, 0.29) is 11.4 Å². The number of anilines is 2. The lowest BCUT2D eigenvalue weighted by molar-refractivity contribution is 0.206. The number of aromatic nitrogens is 4. The second-order valence-electron chi connectivity index (χ2n) is 10.6. The average molecular weight is 539 g/mol. The van der Waals surface area contributed by atoms with Crippen molar-refractivity contribution < 1.29 is 9.50 Å². The summed E-state index contributed by atoms with van der Waals surface area (Å²) in [4.78, 5) is 17.3. The molecule has 40 heavy (non-hydrogen) atoms. The molecule has 1 saturated carbocycles. The summed E-state index contributed by atoms with van der Waals surface area (Å²) in [6.45, 7) is 2.31. The summed E-state index contributed by atoms with van der Waals surface area (Å²) in [5.74, 6) is 1.22. The predicted molar refractivity (Wildman–Crippen MR) is 154 cm³/mol. The van der Waals surface area contributed by atoms with Gasteiger partial charge < -0.3 is 16.2 Å². The molecule has 5 aromatic rings. The second-order valence-corrected chi connectivity index (χ2v) is 10.6. The van der Waals surface area contributed by atoms with Crippen LogP contribution in [0.4, 0.5) is 15.9 Å². The van der Waals surface area contributed by atoms with Crippen molar-refractivity contribution in [1.29, 1.82) is 0 Å². The number of aliphatic hydroxyl groups is 1. The molecule has 1 aliphatic carbocycles. The van der Waals surface area contributed by atoms with Crippen LogP contribution in [0.3, 0.4) is 0 Å². The van der Waals surface area contributed by atoms with Crippen LogP contribution in [0.25, 0.3) is 22.3 Å². The minimum absolute atomic E-state index is 0.172. The Morgan fingerprint density at radius 3 is 2.50 bits per heavy atom. The number of pyridine rings is 1. The molecule has 204 valence electrons. The summed E-state index contributed by atoms with van der Waals surface area (Å²) < 4.78 is 16.6. The number of nitrogens with zero attached hydrogens (tertiary/aromatic N) is 4. The van der Waals surface area contributed by atoms with Crippen LogP contribution in [0.2, 0.25) is 0 Å². The summed E-state index contributed by atoms with van der Waals surface area (Å²) in [5.41, 5.74) is 11.1. The van der Waals surface area contributed by atoms with Crippen molar-refractivity contribution in [3.63, 3.8) is 0 Å². The molecule has 1 fully saturated rings. The summed E-state index contributed by atoms with van der Waals surface area (Å²) >= 11 is 0. The van der Waals surface area contributed by atoms with E-state index in [0.717, 1.165) is 41.1 Å². The topological polar surface area (TPSA) is 110 Å². The van der Waals surface area contributed by atoms with E-state index >= 15 is 0 Å². The molecular formula is C31H31FN6O2. The molecule has 4 N–H and O–H groups in total. The van der Waals surface area contributed by atoms with Crippen LogP contribution in [0.15, 0.2) is 84.0 Å². The van der Waals surface area contributed by atoms with E-state index in [1.165, 1.54) is 48.0 Å². The van der Waals surface area contributed by atoms with Crippen molar-refractivity contribution in [1.82, 2.24) is 19.2 Å². The van der Waals surface area contributed by atoms with E-state index in [9.17, 15) is 14.3 Å². The molecule has 1 aliphatic rings. The standard InChI is InChI=1S/C31H31FN6O2/c1-19-4-6-21(7-5-19)27-17-26(28-29(33)34-18-35-38(27)28)20-8-12-23(13-9-20)36-30(39)25-3-2-16-37(31(25)40)24-14-10-22(32)11-15-24/h2-3,8-19,21,30,36,39H,4-7H2,1H3,(H2,33,34,35). The highest BCUT2D eigenvalue weighted by atomic mass is 19.1. The molecule has 0 aliphatic heterocycles.